The molecule has 1 aliphatic carbocycles. The Labute approximate surface area is 218 Å². The Morgan fingerprint density at radius 3 is 2.58 bits per heavy atom. The minimum atomic E-state index is -0.0961. The second-order valence-corrected chi connectivity index (χ2v) is 10.0. The quantitative estimate of drug-likeness (QED) is 0.381. The summed E-state index contributed by atoms with van der Waals surface area (Å²) in [6, 6.07) is 20.8. The van der Waals surface area contributed by atoms with Gasteiger partial charge in [0.25, 0.3) is 11.8 Å². The van der Waals surface area contributed by atoms with Crippen molar-refractivity contribution in [3.63, 3.8) is 0 Å². The van der Waals surface area contributed by atoms with Crippen molar-refractivity contribution < 1.29 is 9.59 Å². The molecule has 5 aromatic rings. The van der Waals surface area contributed by atoms with E-state index in [0.717, 1.165) is 22.4 Å². The normalized spacial score (nSPS) is 19.9. The van der Waals surface area contributed by atoms with Crippen molar-refractivity contribution in [3.8, 4) is 17.2 Å². The van der Waals surface area contributed by atoms with E-state index >= 15 is 0 Å². The predicted octanol–water partition coefficient (Wildman–Crippen LogP) is 3.62. The van der Waals surface area contributed by atoms with Crippen LogP contribution in [0, 0.1) is 18.8 Å². The first-order valence-corrected chi connectivity index (χ1v) is 12.7. The molecule has 2 N–H and O–H groups in total. The van der Waals surface area contributed by atoms with Gasteiger partial charge < -0.3 is 19.8 Å². The highest BCUT2D eigenvalue weighted by Gasteiger charge is 2.57. The van der Waals surface area contributed by atoms with Gasteiger partial charge in [0.1, 0.15) is 11.4 Å². The van der Waals surface area contributed by atoms with Gasteiger partial charge in [-0.3, -0.25) is 9.59 Å². The third kappa shape index (κ3) is 3.92. The monoisotopic (exact) mass is 503 g/mol. The van der Waals surface area contributed by atoms with Crippen LogP contribution in [0.25, 0.3) is 28.2 Å². The number of aryl methyl sites for hydroxylation is 1. The highest BCUT2D eigenvalue weighted by molar-refractivity contribution is 5.96. The maximum Gasteiger partial charge on any atom is 0.272 e. The zero-order valence-corrected chi connectivity index (χ0v) is 20.7. The number of para-hydroxylation sites is 2. The summed E-state index contributed by atoms with van der Waals surface area (Å²) in [6.07, 6.45) is 3.67. The molecule has 2 amide bonds. The van der Waals surface area contributed by atoms with E-state index in [4.69, 9.17) is 0 Å². The number of benzene rings is 2. The van der Waals surface area contributed by atoms with Gasteiger partial charge in [0.15, 0.2) is 5.82 Å². The van der Waals surface area contributed by atoms with Gasteiger partial charge in [-0.15, -0.1) is 0 Å². The molecule has 1 saturated carbocycles. The number of aromatic amines is 1. The van der Waals surface area contributed by atoms with E-state index in [9.17, 15) is 9.59 Å². The van der Waals surface area contributed by atoms with Crippen molar-refractivity contribution >= 4 is 22.8 Å². The summed E-state index contributed by atoms with van der Waals surface area (Å²) in [5, 5.41) is 3.17. The van der Waals surface area contributed by atoms with Crippen LogP contribution in [0.2, 0.25) is 0 Å². The summed E-state index contributed by atoms with van der Waals surface area (Å²) in [4.78, 5) is 44.8. The fraction of sp³-hybridized carbons (Fsp3) is 0.207. The Kier molecular flexibility index (Phi) is 5.10. The van der Waals surface area contributed by atoms with Gasteiger partial charge in [-0.25, -0.2) is 15.0 Å². The zero-order valence-electron chi connectivity index (χ0n) is 20.7. The molecule has 2 fully saturated rings. The van der Waals surface area contributed by atoms with Gasteiger partial charge in [-0.05, 0) is 49.4 Å². The molecule has 38 heavy (non-hydrogen) atoms. The van der Waals surface area contributed by atoms with Crippen molar-refractivity contribution in [1.82, 2.24) is 34.7 Å². The molecule has 2 aliphatic rings. The molecule has 0 spiro atoms. The number of likely N-dealkylation sites (tertiary alicyclic amines) is 1. The average Bonchev–Trinajstić information content (AvgIpc) is 3.41. The molecular weight excluding hydrogens is 478 g/mol. The van der Waals surface area contributed by atoms with Gasteiger partial charge in [-0.2, -0.15) is 0 Å². The lowest BCUT2D eigenvalue weighted by Crippen LogP contribution is -2.37. The van der Waals surface area contributed by atoms with Crippen LogP contribution in [-0.2, 0) is 0 Å². The van der Waals surface area contributed by atoms with Crippen molar-refractivity contribution in [2.24, 2.45) is 11.8 Å². The molecular formula is C29H25N7O2. The number of nitrogens with zero attached hydrogens (tertiary/aromatic N) is 5. The topological polar surface area (TPSA) is 109 Å². The standard InChI is InChI=1S/C29H25N7O2/c1-17-13-36(16-30-17)19-7-4-6-18(12-19)28(37)34-26-20-14-35(15-21(20)26)29(38)25-11-5-10-24(31-25)27-32-22-8-2-3-9-23(22)33-27/h2-13,16,20-21,26H,14-15H2,1H3,(H,32,33)(H,34,37). The smallest absolute Gasteiger partial charge is 0.272 e. The summed E-state index contributed by atoms with van der Waals surface area (Å²) in [7, 11) is 0. The molecule has 2 atom stereocenters. The van der Waals surface area contributed by atoms with Crippen molar-refractivity contribution in [2.75, 3.05) is 13.1 Å². The fourth-order valence-electron chi connectivity index (χ4n) is 5.43. The minimum absolute atomic E-state index is 0.0838. The zero-order chi connectivity index (χ0) is 25.8. The first-order chi connectivity index (χ1) is 18.5. The van der Waals surface area contributed by atoms with Crippen LogP contribution in [-0.4, -0.2) is 60.3 Å². The number of rotatable bonds is 5. The van der Waals surface area contributed by atoms with Crippen LogP contribution in [0.1, 0.15) is 26.5 Å². The summed E-state index contributed by atoms with van der Waals surface area (Å²) in [5.74, 6) is 0.978. The van der Waals surface area contributed by atoms with Crippen LogP contribution >= 0.6 is 0 Å². The summed E-state index contributed by atoms with van der Waals surface area (Å²) in [5.41, 5.74) is 5.24. The van der Waals surface area contributed by atoms with Gasteiger partial charge >= 0.3 is 0 Å². The number of imidazole rings is 2. The maximum absolute atomic E-state index is 13.2. The molecule has 2 unspecified atom stereocenters. The molecule has 9 nitrogen and oxygen atoms in total. The molecule has 1 saturated heterocycles. The van der Waals surface area contributed by atoms with E-state index in [-0.39, 0.29) is 29.7 Å². The van der Waals surface area contributed by atoms with Crippen LogP contribution in [0.15, 0.2) is 79.3 Å². The molecule has 7 rings (SSSR count). The first kappa shape index (κ1) is 22.4. The van der Waals surface area contributed by atoms with Crippen LogP contribution in [0.5, 0.6) is 0 Å². The molecule has 9 heteroatoms. The third-order valence-corrected chi connectivity index (χ3v) is 7.50. The van der Waals surface area contributed by atoms with Crippen molar-refractivity contribution in [1.29, 1.82) is 0 Å². The Hall–Kier alpha value is -4.79. The highest BCUT2D eigenvalue weighted by atomic mass is 16.2. The third-order valence-electron chi connectivity index (χ3n) is 7.50. The molecule has 4 heterocycles. The number of carbonyl (C=O) groups excluding carboxylic acids is 2. The molecule has 1 aliphatic heterocycles. The van der Waals surface area contributed by atoms with Gasteiger partial charge in [0, 0.05) is 48.4 Å². The second-order valence-electron chi connectivity index (χ2n) is 10.0. The molecule has 0 radical (unpaired) electrons. The molecule has 188 valence electrons. The number of hydrogen-bond acceptors (Lipinski definition) is 5. The largest absolute Gasteiger partial charge is 0.349 e. The highest BCUT2D eigenvalue weighted by Crippen LogP contribution is 2.46. The van der Waals surface area contributed by atoms with Gasteiger partial charge in [0.2, 0.25) is 0 Å². The van der Waals surface area contributed by atoms with Crippen LogP contribution in [0.3, 0.4) is 0 Å². The van der Waals surface area contributed by atoms with Crippen molar-refractivity contribution in [2.45, 2.75) is 13.0 Å². The van der Waals surface area contributed by atoms with Gasteiger partial charge in [0.05, 0.1) is 23.1 Å². The number of hydrogen-bond donors (Lipinski definition) is 2. The van der Waals surface area contributed by atoms with Crippen molar-refractivity contribution in [3.05, 3.63) is 96.2 Å². The second kappa shape index (κ2) is 8.65. The Balaban J connectivity index is 0.996. The summed E-state index contributed by atoms with van der Waals surface area (Å²) >= 11 is 0. The number of fused-ring (bicyclic) bond motifs is 2. The molecule has 3 aromatic heterocycles. The Morgan fingerprint density at radius 1 is 0.974 bits per heavy atom. The Morgan fingerprint density at radius 2 is 1.79 bits per heavy atom. The molecule has 2 aromatic carbocycles. The van der Waals surface area contributed by atoms with Crippen LogP contribution < -0.4 is 5.32 Å². The lowest BCUT2D eigenvalue weighted by atomic mass is 10.2. The number of aromatic nitrogens is 5. The maximum atomic E-state index is 13.2. The fourth-order valence-corrected chi connectivity index (χ4v) is 5.43. The Bertz CT molecular complexity index is 1660. The summed E-state index contributed by atoms with van der Waals surface area (Å²) in [6.45, 7) is 3.15. The van der Waals surface area contributed by atoms with E-state index in [2.05, 4.69) is 25.3 Å². The number of piperidine rings is 1. The van der Waals surface area contributed by atoms with E-state index in [1.807, 2.05) is 83.3 Å². The van der Waals surface area contributed by atoms with E-state index in [1.54, 1.807) is 12.4 Å². The lowest BCUT2D eigenvalue weighted by molar-refractivity contribution is 0.0764. The van der Waals surface area contributed by atoms with Crippen LogP contribution in [0.4, 0.5) is 0 Å². The number of nitrogens with one attached hydrogen (secondary N) is 2. The van der Waals surface area contributed by atoms with E-state index in [0.29, 0.717) is 35.9 Å². The number of H-pyrrole nitrogens is 1. The predicted molar refractivity (Wildman–Crippen MR) is 142 cm³/mol. The number of amides is 2. The van der Waals surface area contributed by atoms with Gasteiger partial charge in [-0.1, -0.05) is 24.3 Å². The number of carbonyl (C=O) groups is 2. The minimum Gasteiger partial charge on any atom is -0.349 e. The first-order valence-electron chi connectivity index (χ1n) is 12.7. The van der Waals surface area contributed by atoms with E-state index < -0.39 is 0 Å². The molecule has 0 bridgehead atoms. The average molecular weight is 504 g/mol. The summed E-state index contributed by atoms with van der Waals surface area (Å²) < 4.78 is 1.90. The van der Waals surface area contributed by atoms with E-state index in [1.165, 1.54) is 0 Å². The lowest BCUT2D eigenvalue weighted by Gasteiger charge is -2.20. The number of pyridine rings is 1. The SMILES string of the molecule is Cc1cn(-c2cccc(C(=O)NC3C4CN(C(=O)c5cccc(-c6nc7ccccc7[nH]6)n5)CC43)c2)cn1.